The maximum atomic E-state index is 12.1. The van der Waals surface area contributed by atoms with Gasteiger partial charge in [-0.15, -0.1) is 5.10 Å². The topological polar surface area (TPSA) is 103 Å². The number of sulfonamides is 1. The Morgan fingerprint density at radius 2 is 1.82 bits per heavy atom. The number of aromatic nitrogens is 3. The van der Waals surface area contributed by atoms with Gasteiger partial charge in [0.25, 0.3) is 10.0 Å². The monoisotopic (exact) mass is 323 g/mol. The molecular formula is C14H21N5O2S. The second-order valence-electron chi connectivity index (χ2n) is 5.48. The molecule has 1 unspecified atom stereocenters. The van der Waals surface area contributed by atoms with Crippen molar-refractivity contribution in [3.05, 3.63) is 41.6 Å². The molecule has 1 atom stereocenters. The van der Waals surface area contributed by atoms with Crippen molar-refractivity contribution < 1.29 is 8.42 Å². The van der Waals surface area contributed by atoms with Gasteiger partial charge in [-0.05, 0) is 17.0 Å². The molecule has 0 aliphatic carbocycles. The quantitative estimate of drug-likeness (QED) is 0.823. The number of aryl methyl sites for hydroxylation is 1. The number of rotatable bonds is 6. The van der Waals surface area contributed by atoms with E-state index in [1.54, 1.807) is 0 Å². The minimum Gasteiger partial charge on any atom is -0.323 e. The molecule has 0 saturated carbocycles. The molecule has 0 fully saturated rings. The number of hydrogen-bond donors (Lipinski definition) is 2. The molecule has 0 spiro atoms. The van der Waals surface area contributed by atoms with E-state index in [1.165, 1.54) is 23.5 Å². The lowest BCUT2D eigenvalue weighted by Crippen LogP contribution is -2.33. The zero-order valence-corrected chi connectivity index (χ0v) is 13.7. The van der Waals surface area contributed by atoms with Crippen molar-refractivity contribution in [3.63, 3.8) is 0 Å². The van der Waals surface area contributed by atoms with E-state index in [0.29, 0.717) is 5.92 Å². The van der Waals surface area contributed by atoms with Crippen LogP contribution in [0.3, 0.4) is 0 Å². The van der Waals surface area contributed by atoms with Crippen LogP contribution in [0.15, 0.2) is 35.5 Å². The molecule has 0 radical (unpaired) electrons. The van der Waals surface area contributed by atoms with Crippen molar-refractivity contribution in [1.82, 2.24) is 19.7 Å². The van der Waals surface area contributed by atoms with Crippen molar-refractivity contribution >= 4 is 10.0 Å². The molecule has 1 aromatic carbocycles. The zero-order chi connectivity index (χ0) is 16.3. The van der Waals surface area contributed by atoms with E-state index in [9.17, 15) is 8.42 Å². The third-order valence-corrected chi connectivity index (χ3v) is 4.94. The summed E-state index contributed by atoms with van der Waals surface area (Å²) in [6.45, 7) is 4.34. The molecule has 1 aromatic heterocycles. The highest BCUT2D eigenvalue weighted by molar-refractivity contribution is 7.89. The molecule has 0 saturated heterocycles. The smallest absolute Gasteiger partial charge is 0.259 e. The average Bonchev–Trinajstić information content (AvgIpc) is 2.92. The highest BCUT2D eigenvalue weighted by atomic mass is 32.2. The summed E-state index contributed by atoms with van der Waals surface area (Å²) in [6, 6.07) is 7.47. The second kappa shape index (κ2) is 6.55. The minimum absolute atomic E-state index is 0.00913. The molecule has 0 amide bonds. The first-order valence-electron chi connectivity index (χ1n) is 7.01. The molecule has 8 heteroatoms. The van der Waals surface area contributed by atoms with E-state index in [2.05, 4.69) is 28.9 Å². The highest BCUT2D eigenvalue weighted by Gasteiger charge is 2.20. The van der Waals surface area contributed by atoms with Crippen molar-refractivity contribution in [2.75, 3.05) is 6.54 Å². The van der Waals surface area contributed by atoms with Gasteiger partial charge in [0.2, 0.25) is 0 Å². The lowest BCUT2D eigenvalue weighted by molar-refractivity contribution is 0.553. The molecule has 120 valence electrons. The van der Waals surface area contributed by atoms with Gasteiger partial charge >= 0.3 is 0 Å². The summed E-state index contributed by atoms with van der Waals surface area (Å²) in [5.41, 5.74) is 8.16. The maximum Gasteiger partial charge on any atom is 0.259 e. The second-order valence-corrected chi connectivity index (χ2v) is 7.19. The Kier molecular flexibility index (Phi) is 4.94. The standard InChI is InChI=1S/C14H21N5O2S/c1-10(2)11-4-6-12(7-5-11)13(15)8-17-22(20,21)14-9-16-18-19(14)3/h4-7,9-10,13,17H,8,15H2,1-3H3. The fourth-order valence-corrected chi connectivity index (χ4v) is 3.16. The van der Waals surface area contributed by atoms with Crippen LogP contribution in [0.2, 0.25) is 0 Å². The van der Waals surface area contributed by atoms with Crippen LogP contribution in [0.25, 0.3) is 0 Å². The Labute approximate surface area is 130 Å². The highest BCUT2D eigenvalue weighted by Crippen LogP contribution is 2.17. The molecule has 0 aliphatic heterocycles. The van der Waals surface area contributed by atoms with Gasteiger partial charge in [0.15, 0.2) is 5.03 Å². The molecule has 22 heavy (non-hydrogen) atoms. The third kappa shape index (κ3) is 3.70. The molecular weight excluding hydrogens is 302 g/mol. The van der Waals surface area contributed by atoms with Crippen LogP contribution < -0.4 is 10.5 Å². The number of nitrogens with zero attached hydrogens (tertiary/aromatic N) is 3. The van der Waals surface area contributed by atoms with Gasteiger partial charge in [-0.1, -0.05) is 43.3 Å². The summed E-state index contributed by atoms with van der Waals surface area (Å²) in [4.78, 5) is 0. The number of benzene rings is 1. The van der Waals surface area contributed by atoms with E-state index in [4.69, 9.17) is 5.73 Å². The molecule has 0 bridgehead atoms. The summed E-state index contributed by atoms with van der Waals surface area (Å²) in [5, 5.41) is 7.18. The van der Waals surface area contributed by atoms with Crippen LogP contribution in [-0.2, 0) is 17.1 Å². The summed E-state index contributed by atoms with van der Waals surface area (Å²) < 4.78 is 27.9. The fourth-order valence-electron chi connectivity index (χ4n) is 2.04. The minimum atomic E-state index is -3.66. The molecule has 2 aromatic rings. The first-order chi connectivity index (χ1) is 10.3. The maximum absolute atomic E-state index is 12.1. The van der Waals surface area contributed by atoms with Crippen LogP contribution in [0, 0.1) is 0 Å². The Balaban J connectivity index is 2.03. The van der Waals surface area contributed by atoms with Crippen LogP contribution in [0.1, 0.15) is 36.9 Å². The van der Waals surface area contributed by atoms with Crippen LogP contribution in [0.4, 0.5) is 0 Å². The Morgan fingerprint density at radius 3 is 2.32 bits per heavy atom. The molecule has 2 rings (SSSR count). The van der Waals surface area contributed by atoms with E-state index < -0.39 is 16.1 Å². The van der Waals surface area contributed by atoms with Gasteiger partial charge < -0.3 is 5.73 Å². The summed E-state index contributed by atoms with van der Waals surface area (Å²) in [6.07, 6.45) is 1.20. The average molecular weight is 323 g/mol. The lowest BCUT2D eigenvalue weighted by atomic mass is 9.99. The van der Waals surface area contributed by atoms with Crippen molar-refractivity contribution in [2.45, 2.75) is 30.8 Å². The Morgan fingerprint density at radius 1 is 1.23 bits per heavy atom. The van der Waals surface area contributed by atoms with E-state index in [1.807, 2.05) is 24.3 Å². The fraction of sp³-hybridized carbons (Fsp3) is 0.429. The van der Waals surface area contributed by atoms with Gasteiger partial charge in [-0.25, -0.2) is 17.8 Å². The predicted molar refractivity (Wildman–Crippen MR) is 83.7 cm³/mol. The normalized spacial score (nSPS) is 13.5. The van der Waals surface area contributed by atoms with Gasteiger partial charge in [-0.3, -0.25) is 0 Å². The van der Waals surface area contributed by atoms with Crippen molar-refractivity contribution in [1.29, 1.82) is 0 Å². The lowest BCUT2D eigenvalue weighted by Gasteiger charge is -2.14. The number of nitrogens with one attached hydrogen (secondary N) is 1. The summed E-state index contributed by atoms with van der Waals surface area (Å²) in [5.74, 6) is 0.445. The van der Waals surface area contributed by atoms with Crippen molar-refractivity contribution in [2.24, 2.45) is 12.8 Å². The van der Waals surface area contributed by atoms with Gasteiger partial charge in [-0.2, -0.15) is 0 Å². The third-order valence-electron chi connectivity index (χ3n) is 3.47. The van der Waals surface area contributed by atoms with Gasteiger partial charge in [0, 0.05) is 19.6 Å². The van der Waals surface area contributed by atoms with E-state index in [-0.39, 0.29) is 11.6 Å². The Bertz CT molecular complexity index is 722. The van der Waals surface area contributed by atoms with Crippen LogP contribution in [-0.4, -0.2) is 30.0 Å². The summed E-state index contributed by atoms with van der Waals surface area (Å²) in [7, 11) is -2.14. The van der Waals surface area contributed by atoms with Crippen LogP contribution in [0.5, 0.6) is 0 Å². The first-order valence-corrected chi connectivity index (χ1v) is 8.49. The van der Waals surface area contributed by atoms with Crippen molar-refractivity contribution in [3.8, 4) is 0 Å². The zero-order valence-electron chi connectivity index (χ0n) is 12.9. The number of hydrogen-bond acceptors (Lipinski definition) is 5. The largest absolute Gasteiger partial charge is 0.323 e. The van der Waals surface area contributed by atoms with Gasteiger partial charge in [0.1, 0.15) is 0 Å². The van der Waals surface area contributed by atoms with Gasteiger partial charge in [0.05, 0.1) is 6.20 Å². The molecule has 3 N–H and O–H groups in total. The predicted octanol–water partition coefficient (Wildman–Crippen LogP) is 0.917. The summed E-state index contributed by atoms with van der Waals surface area (Å²) >= 11 is 0. The first kappa shape index (κ1) is 16.6. The SMILES string of the molecule is CC(C)c1ccc(C(N)CNS(=O)(=O)c2cnnn2C)cc1. The van der Waals surface area contributed by atoms with E-state index in [0.717, 1.165) is 5.56 Å². The molecule has 7 nitrogen and oxygen atoms in total. The van der Waals surface area contributed by atoms with Crippen LogP contribution >= 0.6 is 0 Å². The molecule has 0 aliphatic rings. The Hall–Kier alpha value is -1.77. The number of nitrogens with two attached hydrogens (primary N) is 1. The van der Waals surface area contributed by atoms with E-state index >= 15 is 0 Å². The molecule has 1 heterocycles.